The van der Waals surface area contributed by atoms with Gasteiger partial charge in [-0.3, -0.25) is 0 Å². The average Bonchev–Trinajstić information content (AvgIpc) is 2.72. The first kappa shape index (κ1) is 22.3. The predicted molar refractivity (Wildman–Crippen MR) is 102 cm³/mol. The second kappa shape index (κ2) is 12.5. The Morgan fingerprint density at radius 3 is 1.74 bits per heavy atom. The van der Waals surface area contributed by atoms with Crippen molar-refractivity contribution in [2.24, 2.45) is 0 Å². The summed E-state index contributed by atoms with van der Waals surface area (Å²) in [5.74, 6) is 0. The molecule has 0 heterocycles. The Morgan fingerprint density at radius 2 is 1.19 bits per heavy atom. The summed E-state index contributed by atoms with van der Waals surface area (Å²) < 4.78 is 27.4. The molecule has 0 atom stereocenters. The maximum absolute atomic E-state index is 12.7. The molecule has 0 amide bonds. The maximum atomic E-state index is 12.7. The molecule has 0 aliphatic heterocycles. The normalized spacial score (nSPS) is 12.1. The van der Waals surface area contributed by atoms with Gasteiger partial charge in [0.05, 0.1) is 0 Å². The zero-order chi connectivity index (χ0) is 19.5. The van der Waals surface area contributed by atoms with Crippen molar-refractivity contribution in [2.75, 3.05) is 0 Å². The Hall–Kier alpha value is -0.987. The molecule has 0 bridgehead atoms. The summed E-state index contributed by atoms with van der Waals surface area (Å²) in [5, 5.41) is 9.82. The molecule has 0 aliphatic rings. The molecule has 154 valence electrons. The van der Waals surface area contributed by atoms with Crippen LogP contribution in [0.2, 0.25) is 5.36 Å². The van der Waals surface area contributed by atoms with Gasteiger partial charge in [-0.15, -0.1) is 0 Å². The van der Waals surface area contributed by atoms with Crippen LogP contribution in [0.5, 0.6) is 0 Å². The molecule has 0 fully saturated rings. The fourth-order valence-corrected chi connectivity index (χ4v) is 5.46. The number of rotatable bonds is 12. The topological polar surface area (TPSA) is 54.4 Å². The second-order valence-corrected chi connectivity index (χ2v) is 10.3. The zero-order valence-electron chi connectivity index (χ0n) is 15.9. The van der Waals surface area contributed by atoms with E-state index in [-0.39, 0.29) is 6.61 Å². The third kappa shape index (κ3) is 7.50. The van der Waals surface area contributed by atoms with Crippen molar-refractivity contribution < 1.29 is 40.0 Å². The van der Waals surface area contributed by atoms with Crippen LogP contribution in [0.4, 0.5) is 0 Å². The average molecular weight is 460 g/mol. The monoisotopic (exact) mass is 460 g/mol. The summed E-state index contributed by atoms with van der Waals surface area (Å²) in [6, 6.07) is 14.5. The molecule has 0 spiro atoms. The van der Waals surface area contributed by atoms with E-state index in [0.29, 0.717) is 0 Å². The van der Waals surface area contributed by atoms with Gasteiger partial charge >= 0.3 is 171 Å². The van der Waals surface area contributed by atoms with Crippen molar-refractivity contribution >= 4 is 13.5 Å². The molecule has 1 N–H and O–H groups in total. The molecule has 2 rings (SSSR count). The summed E-state index contributed by atoms with van der Waals surface area (Å²) in [6.07, 6.45) is 8.56. The summed E-state index contributed by atoms with van der Waals surface area (Å²) >= 11 is -2.99. The number of benzene rings is 2. The zero-order valence-corrected chi connectivity index (χ0v) is 18.0. The van der Waals surface area contributed by atoms with Gasteiger partial charge in [-0.1, -0.05) is 0 Å². The van der Waals surface area contributed by atoms with Crippen molar-refractivity contribution in [1.29, 1.82) is 0 Å². The molecule has 3 nitrogen and oxygen atoms in total. The second-order valence-electron chi connectivity index (χ2n) is 6.43. The van der Waals surface area contributed by atoms with E-state index in [0.717, 1.165) is 37.3 Å². The van der Waals surface area contributed by atoms with Crippen LogP contribution in [0.3, 0.4) is 0 Å². The number of aliphatic hydroxyl groups excluding tert-OH is 1. The first-order chi connectivity index (χ1) is 13.2. The van der Waals surface area contributed by atoms with Crippen molar-refractivity contribution in [3.05, 3.63) is 54.1 Å². The van der Waals surface area contributed by atoms with Crippen molar-refractivity contribution in [3.63, 3.8) is 0 Å². The van der Waals surface area contributed by atoms with E-state index in [1.807, 2.05) is 24.3 Å². The Labute approximate surface area is 171 Å². The van der Waals surface area contributed by atoms with E-state index >= 15 is 0 Å². The van der Waals surface area contributed by atoms with Crippen LogP contribution < -0.4 is 13.5 Å². The van der Waals surface area contributed by atoms with Crippen LogP contribution in [0.25, 0.3) is 0 Å². The minimum atomic E-state index is -1.64. The molecule has 27 heavy (non-hydrogen) atoms. The van der Waals surface area contributed by atoms with Gasteiger partial charge in [0.25, 0.3) is 0 Å². The summed E-state index contributed by atoms with van der Waals surface area (Å²) in [6.45, 7) is 2.20. The van der Waals surface area contributed by atoms with E-state index in [1.54, 1.807) is 24.3 Å². The van der Waals surface area contributed by atoms with Gasteiger partial charge in [0.2, 0.25) is 0 Å². The minimum absolute atomic E-state index is 0.0167. The molecule has 0 saturated heterocycles. The molecule has 2 aromatic carbocycles. The Bertz CT molecular complexity index is 724. The molecule has 0 saturated carbocycles. The third-order valence-electron chi connectivity index (χ3n) is 4.29. The number of hydrogen-bond acceptors (Lipinski definition) is 3. The Kier molecular flexibility index (Phi) is 10.3. The quantitative estimate of drug-likeness (QED) is 0.490. The van der Waals surface area contributed by atoms with Gasteiger partial charge in [0.1, 0.15) is 0 Å². The number of hydrogen-bond donors (Lipinski definition) is 1. The fraction of sp³-hybridized carbons (Fsp3) is 0.455. The van der Waals surface area contributed by atoms with Crippen LogP contribution in [0, 0.1) is 0 Å². The first-order valence-electron chi connectivity index (χ1n) is 9.53. The van der Waals surface area contributed by atoms with Crippen LogP contribution in [0.15, 0.2) is 48.5 Å². The molecule has 5 heteroatoms. The van der Waals surface area contributed by atoms with E-state index < -0.39 is 27.2 Å². The summed E-state index contributed by atoms with van der Waals surface area (Å²) in [7, 11) is 0. The molecule has 0 aromatic heterocycles. The van der Waals surface area contributed by atoms with E-state index in [2.05, 4.69) is 6.92 Å². The van der Waals surface area contributed by atoms with Crippen LogP contribution in [-0.4, -0.2) is 5.11 Å². The number of unbranched alkanes of at least 4 members (excludes halogenated alkanes) is 6. The molecule has 2 aromatic rings. The van der Waals surface area contributed by atoms with Gasteiger partial charge in [-0.25, -0.2) is 0 Å². The van der Waals surface area contributed by atoms with Gasteiger partial charge < -0.3 is 0 Å². The van der Waals surface area contributed by atoms with E-state index in [4.69, 9.17) is 5.11 Å². The van der Waals surface area contributed by atoms with Crippen molar-refractivity contribution in [2.45, 2.75) is 63.8 Å². The van der Waals surface area contributed by atoms with Gasteiger partial charge in [-0.2, -0.15) is 0 Å². The summed E-state index contributed by atoms with van der Waals surface area (Å²) in [5.41, 5.74) is 0.805. The van der Waals surface area contributed by atoms with Crippen molar-refractivity contribution in [1.82, 2.24) is 0 Å². The first-order valence-corrected chi connectivity index (χ1v) is 12.7. The van der Waals surface area contributed by atoms with Crippen LogP contribution in [-0.2, 0) is 41.5 Å². The van der Waals surface area contributed by atoms with Gasteiger partial charge in [0, 0.05) is 0 Å². The van der Waals surface area contributed by atoms with Gasteiger partial charge in [0.15, 0.2) is 0 Å². The summed E-state index contributed by atoms with van der Waals surface area (Å²) in [4.78, 5) is 0. The third-order valence-corrected chi connectivity index (χ3v) is 7.94. The van der Waals surface area contributed by atoms with Crippen LogP contribution in [0.1, 0.15) is 57.4 Å². The predicted octanol–water partition coefficient (Wildman–Crippen LogP) is 3.85. The Morgan fingerprint density at radius 1 is 0.704 bits per heavy atom. The standard InChI is InChI=1S/C9H19.C7H7O.C6H4.2Co.2O/c1-3-5-7-9-8-6-4-2;8-6-7-4-2-1-3-5-7;1-2-4-6-5-3-1;;;;/h1,3-9H2,2H3;2-5,8H,6H2;1-2,5-6H;;;;. The van der Waals surface area contributed by atoms with Gasteiger partial charge in [-0.05, 0) is 0 Å². The molecular formula is C22H30Co2O3. The van der Waals surface area contributed by atoms with Crippen LogP contribution >= 0.6 is 0 Å². The number of aliphatic hydroxyl groups is 1. The molecule has 0 aliphatic carbocycles. The Balaban J connectivity index is 1.82. The molecule has 0 unspecified atom stereocenters. The van der Waals surface area contributed by atoms with E-state index in [9.17, 15) is 7.73 Å². The fourth-order valence-electron chi connectivity index (χ4n) is 2.68. The molecular weight excluding hydrogens is 430 g/mol. The van der Waals surface area contributed by atoms with Crippen molar-refractivity contribution in [3.8, 4) is 0 Å². The van der Waals surface area contributed by atoms with E-state index in [1.165, 1.54) is 32.1 Å². The molecule has 0 radical (unpaired) electrons. The SMILES string of the molecule is CCCCCCCC[CH2][Co](=[O])[c]1cc[c]([Co](=[O])[c]2ccc(CO)cc2)cc1.